The van der Waals surface area contributed by atoms with E-state index in [0.717, 1.165) is 84.1 Å². The van der Waals surface area contributed by atoms with E-state index in [1.165, 1.54) is 11.3 Å². The molecule has 178 valence electrons. The third-order valence-corrected chi connectivity index (χ3v) is 7.51. The molecule has 2 N–H and O–H groups in total. The minimum atomic E-state index is 0.0645. The predicted octanol–water partition coefficient (Wildman–Crippen LogP) is 3.79. The summed E-state index contributed by atoms with van der Waals surface area (Å²) in [6.07, 6.45) is 4.58. The molecule has 0 bridgehead atoms. The van der Waals surface area contributed by atoms with Crippen LogP contribution in [0.3, 0.4) is 0 Å². The molecule has 3 aromatic heterocycles. The number of likely N-dealkylation sites (tertiary alicyclic amines) is 1. The zero-order chi connectivity index (χ0) is 23.5. The Bertz CT molecular complexity index is 1200. The molecular formula is C23H27N7O2S2. The predicted molar refractivity (Wildman–Crippen MR) is 136 cm³/mol. The number of nitrogens with zero attached hydrogens (tertiary/aromatic N) is 5. The van der Waals surface area contributed by atoms with E-state index in [1.54, 1.807) is 18.3 Å². The van der Waals surface area contributed by atoms with Gasteiger partial charge in [-0.2, -0.15) is 0 Å². The van der Waals surface area contributed by atoms with Crippen molar-refractivity contribution in [2.24, 2.45) is 4.99 Å². The third kappa shape index (κ3) is 5.20. The molecule has 0 atom stereocenters. The summed E-state index contributed by atoms with van der Waals surface area (Å²) in [5.74, 6) is 1.49. The maximum absolute atomic E-state index is 11.6. The number of rotatable bonds is 5. The van der Waals surface area contributed by atoms with Crippen LogP contribution in [0.2, 0.25) is 0 Å². The van der Waals surface area contributed by atoms with Crippen LogP contribution in [0.15, 0.2) is 28.0 Å². The second kappa shape index (κ2) is 10.1. The van der Waals surface area contributed by atoms with Gasteiger partial charge in [0.1, 0.15) is 22.5 Å². The van der Waals surface area contributed by atoms with Gasteiger partial charge < -0.3 is 20.3 Å². The highest BCUT2D eigenvalue weighted by atomic mass is 32.1. The summed E-state index contributed by atoms with van der Waals surface area (Å²) in [4.78, 5) is 31.9. The van der Waals surface area contributed by atoms with E-state index >= 15 is 0 Å². The topological polar surface area (TPSA) is 105 Å². The van der Waals surface area contributed by atoms with Crippen molar-refractivity contribution in [2.45, 2.75) is 39.2 Å². The largest absolute Gasteiger partial charge is 0.474 e. The normalized spacial score (nSPS) is 16.6. The molecule has 0 aromatic carbocycles. The number of aromatic nitrogens is 3. The lowest BCUT2D eigenvalue weighted by atomic mass is 10.1. The van der Waals surface area contributed by atoms with Crippen molar-refractivity contribution < 1.29 is 9.53 Å². The number of piperidine rings is 1. The number of pyridine rings is 1. The second-order valence-electron chi connectivity index (χ2n) is 8.37. The SMILES string of the molecule is CC(=O)N1CCC(Oc2cc(-c3nc(-c4csc(NC5=NCCCN5)n4)cs3)c(C)cn2)CC1. The second-order valence-corrected chi connectivity index (χ2v) is 10.1. The Balaban J connectivity index is 1.27. The molecule has 3 aromatic rings. The first-order valence-corrected chi connectivity index (χ1v) is 13.2. The molecule has 9 nitrogen and oxygen atoms in total. The van der Waals surface area contributed by atoms with Crippen molar-refractivity contribution in [3.63, 3.8) is 0 Å². The molecule has 34 heavy (non-hydrogen) atoms. The number of aryl methyl sites for hydroxylation is 1. The quantitative estimate of drug-likeness (QED) is 0.553. The molecule has 5 rings (SSSR count). The summed E-state index contributed by atoms with van der Waals surface area (Å²) < 4.78 is 6.16. The first-order chi connectivity index (χ1) is 16.5. The molecule has 1 fully saturated rings. The molecule has 0 saturated carbocycles. The van der Waals surface area contributed by atoms with E-state index in [1.807, 2.05) is 34.8 Å². The van der Waals surface area contributed by atoms with Crippen molar-refractivity contribution in [3.8, 4) is 27.8 Å². The van der Waals surface area contributed by atoms with E-state index < -0.39 is 0 Å². The van der Waals surface area contributed by atoms with Crippen LogP contribution in [0.25, 0.3) is 22.0 Å². The van der Waals surface area contributed by atoms with Gasteiger partial charge in [0.05, 0.1) is 0 Å². The number of aliphatic imine (C=N–C) groups is 1. The first kappa shape index (κ1) is 22.7. The van der Waals surface area contributed by atoms with E-state index in [4.69, 9.17) is 9.72 Å². The number of ether oxygens (including phenoxy) is 1. The van der Waals surface area contributed by atoms with Crippen molar-refractivity contribution in [2.75, 3.05) is 31.5 Å². The maximum Gasteiger partial charge on any atom is 0.219 e. The highest BCUT2D eigenvalue weighted by Crippen LogP contribution is 2.33. The Hall–Kier alpha value is -3.05. The molecule has 1 amide bonds. The zero-order valence-corrected chi connectivity index (χ0v) is 20.8. The number of carbonyl (C=O) groups is 1. The Morgan fingerprint density at radius 1 is 1.21 bits per heavy atom. The first-order valence-electron chi connectivity index (χ1n) is 11.4. The van der Waals surface area contributed by atoms with Gasteiger partial charge in [0.2, 0.25) is 11.8 Å². The average molecular weight is 498 g/mol. The Morgan fingerprint density at radius 2 is 2.00 bits per heavy atom. The average Bonchev–Trinajstić information content (AvgIpc) is 3.51. The summed E-state index contributed by atoms with van der Waals surface area (Å²) in [5, 5.41) is 12.2. The molecule has 1 saturated heterocycles. The summed E-state index contributed by atoms with van der Waals surface area (Å²) in [7, 11) is 0. The van der Waals surface area contributed by atoms with Crippen LogP contribution in [0, 0.1) is 6.92 Å². The summed E-state index contributed by atoms with van der Waals surface area (Å²) >= 11 is 3.12. The van der Waals surface area contributed by atoms with Crippen molar-refractivity contribution in [1.82, 2.24) is 25.2 Å². The number of hydrogen-bond donors (Lipinski definition) is 2. The van der Waals surface area contributed by atoms with Crippen LogP contribution in [0.5, 0.6) is 5.88 Å². The van der Waals surface area contributed by atoms with Crippen LogP contribution in [-0.2, 0) is 4.79 Å². The van der Waals surface area contributed by atoms with Gasteiger partial charge >= 0.3 is 0 Å². The minimum absolute atomic E-state index is 0.0645. The summed E-state index contributed by atoms with van der Waals surface area (Å²) in [5.41, 5.74) is 3.74. The van der Waals surface area contributed by atoms with Gasteiger partial charge in [0.25, 0.3) is 0 Å². The molecule has 0 unspecified atom stereocenters. The fourth-order valence-corrected chi connectivity index (χ4v) is 5.54. The number of carbonyl (C=O) groups excluding carboxylic acids is 1. The zero-order valence-electron chi connectivity index (χ0n) is 19.2. The number of hydrogen-bond acceptors (Lipinski definition) is 10. The summed E-state index contributed by atoms with van der Waals surface area (Å²) in [6.45, 7) is 6.85. The van der Waals surface area contributed by atoms with Gasteiger partial charge in [-0.05, 0) is 18.9 Å². The molecule has 0 radical (unpaired) electrons. The standard InChI is InChI=1S/C23H27N7O2S2/c1-14-11-26-20(32-16-4-8-30(9-5-16)15(2)31)10-17(14)21-27-18(12-33-21)19-13-34-23(28-19)29-22-24-6-3-7-25-22/h10-13,16H,3-9H2,1-2H3,(H2,24,25,28,29). The Labute approximate surface area is 206 Å². The molecule has 2 aliphatic heterocycles. The van der Waals surface area contributed by atoms with E-state index in [0.29, 0.717) is 5.88 Å². The Morgan fingerprint density at radius 3 is 2.76 bits per heavy atom. The number of amides is 1. The fraction of sp³-hybridized carbons (Fsp3) is 0.435. The van der Waals surface area contributed by atoms with E-state index in [-0.39, 0.29) is 12.0 Å². The van der Waals surface area contributed by atoms with Gasteiger partial charge in [-0.15, -0.1) is 22.7 Å². The van der Waals surface area contributed by atoms with Gasteiger partial charge in [-0.25, -0.2) is 15.0 Å². The molecule has 2 aliphatic rings. The van der Waals surface area contributed by atoms with Crippen LogP contribution in [0.1, 0.15) is 31.7 Å². The number of thiazole rings is 2. The van der Waals surface area contributed by atoms with Gasteiger partial charge in [-0.1, -0.05) is 0 Å². The van der Waals surface area contributed by atoms with Crippen molar-refractivity contribution >= 4 is 39.7 Å². The van der Waals surface area contributed by atoms with Crippen molar-refractivity contribution in [1.29, 1.82) is 0 Å². The highest BCUT2D eigenvalue weighted by molar-refractivity contribution is 7.14. The fourth-order valence-electron chi connectivity index (χ4n) is 3.94. The monoisotopic (exact) mass is 497 g/mol. The molecule has 5 heterocycles. The number of nitrogens with one attached hydrogen (secondary N) is 2. The Kier molecular flexibility index (Phi) is 6.73. The smallest absolute Gasteiger partial charge is 0.219 e. The van der Waals surface area contributed by atoms with Gasteiger partial charge in [0, 0.05) is 74.5 Å². The lowest BCUT2D eigenvalue weighted by Crippen LogP contribution is -2.40. The lowest BCUT2D eigenvalue weighted by molar-refractivity contribution is -0.130. The maximum atomic E-state index is 11.6. The van der Waals surface area contributed by atoms with Gasteiger partial charge in [-0.3, -0.25) is 9.79 Å². The molecular weight excluding hydrogens is 470 g/mol. The number of anilines is 1. The number of guanidine groups is 1. The molecule has 11 heteroatoms. The van der Waals surface area contributed by atoms with Crippen LogP contribution < -0.4 is 15.4 Å². The van der Waals surface area contributed by atoms with Crippen LogP contribution in [0.4, 0.5) is 5.13 Å². The van der Waals surface area contributed by atoms with Crippen LogP contribution in [-0.4, -0.2) is 64.0 Å². The lowest BCUT2D eigenvalue weighted by Gasteiger charge is -2.31. The van der Waals surface area contributed by atoms with Gasteiger partial charge in [0.15, 0.2) is 11.1 Å². The highest BCUT2D eigenvalue weighted by Gasteiger charge is 2.23. The molecule has 0 spiro atoms. The van der Waals surface area contributed by atoms with Crippen LogP contribution >= 0.6 is 22.7 Å². The third-order valence-electron chi connectivity index (χ3n) is 5.88. The van der Waals surface area contributed by atoms with E-state index in [2.05, 4.69) is 25.6 Å². The minimum Gasteiger partial charge on any atom is -0.474 e. The summed E-state index contributed by atoms with van der Waals surface area (Å²) in [6, 6.07) is 1.97. The van der Waals surface area contributed by atoms with E-state index in [9.17, 15) is 4.79 Å². The molecule has 0 aliphatic carbocycles. The van der Waals surface area contributed by atoms with Crippen molar-refractivity contribution in [3.05, 3.63) is 28.6 Å².